The number of nitrogen functional groups attached to an aromatic ring is 1. The quantitative estimate of drug-likeness (QED) is 0.936. The summed E-state index contributed by atoms with van der Waals surface area (Å²) in [5, 5.41) is 1.79. The maximum Gasteiger partial charge on any atom is 0.266 e. The minimum absolute atomic E-state index is 0.121. The molecule has 2 aromatic rings. The first-order chi connectivity index (χ1) is 9.00. The highest BCUT2D eigenvalue weighted by atomic mass is 32.1. The number of nitrogens with two attached hydrogens (primary N) is 1. The van der Waals surface area contributed by atoms with E-state index in [1.54, 1.807) is 35.5 Å². The largest absolute Gasteiger partial charge is 0.397 e. The second-order valence-electron chi connectivity index (χ2n) is 4.35. The predicted molar refractivity (Wildman–Crippen MR) is 75.6 cm³/mol. The third-order valence-corrected chi connectivity index (χ3v) is 4.06. The Balaban J connectivity index is 2.19. The lowest BCUT2D eigenvalue weighted by atomic mass is 10.1. The molecule has 3 nitrogen and oxygen atoms in total. The molecule has 0 aliphatic rings. The Morgan fingerprint density at radius 1 is 1.32 bits per heavy atom. The van der Waals surface area contributed by atoms with Crippen LogP contribution >= 0.6 is 11.3 Å². The summed E-state index contributed by atoms with van der Waals surface area (Å²) < 4.78 is 12.9. The van der Waals surface area contributed by atoms with Crippen LogP contribution in [0.25, 0.3) is 0 Å². The first-order valence-electron chi connectivity index (χ1n) is 5.86. The summed E-state index contributed by atoms with van der Waals surface area (Å²) in [5.41, 5.74) is 7.13. The average molecular weight is 278 g/mol. The molecule has 1 amide bonds. The van der Waals surface area contributed by atoms with E-state index in [1.165, 1.54) is 23.5 Å². The Labute approximate surface area is 115 Å². The van der Waals surface area contributed by atoms with Crippen LogP contribution in [0.15, 0.2) is 35.7 Å². The van der Waals surface area contributed by atoms with Crippen LogP contribution in [-0.4, -0.2) is 17.9 Å². The Morgan fingerprint density at radius 2 is 1.95 bits per heavy atom. The minimum atomic E-state index is -0.285. The van der Waals surface area contributed by atoms with E-state index >= 15 is 0 Å². The van der Waals surface area contributed by atoms with Crippen molar-refractivity contribution in [3.8, 4) is 0 Å². The topological polar surface area (TPSA) is 46.3 Å². The standard InChI is InChI=1S/C14H15FN2OS/c1-9(10-3-5-11(15)6-4-10)17(2)14(18)13-12(16)7-8-19-13/h3-9H,16H2,1-2H3. The molecule has 1 aromatic heterocycles. The maximum absolute atomic E-state index is 12.9. The van der Waals surface area contributed by atoms with Crippen molar-refractivity contribution < 1.29 is 9.18 Å². The van der Waals surface area contributed by atoms with Crippen molar-refractivity contribution in [1.29, 1.82) is 0 Å². The molecular formula is C14H15FN2OS. The van der Waals surface area contributed by atoms with Crippen LogP contribution < -0.4 is 5.73 Å². The lowest BCUT2D eigenvalue weighted by Gasteiger charge is -2.25. The van der Waals surface area contributed by atoms with Gasteiger partial charge in [0.2, 0.25) is 0 Å². The van der Waals surface area contributed by atoms with Crippen LogP contribution in [0.1, 0.15) is 28.2 Å². The van der Waals surface area contributed by atoms with E-state index in [4.69, 9.17) is 5.73 Å². The number of hydrogen-bond donors (Lipinski definition) is 1. The number of nitrogens with zero attached hydrogens (tertiary/aromatic N) is 1. The molecule has 0 aliphatic carbocycles. The summed E-state index contributed by atoms with van der Waals surface area (Å²) in [6.45, 7) is 1.90. The fourth-order valence-electron chi connectivity index (χ4n) is 1.79. The van der Waals surface area contributed by atoms with Gasteiger partial charge in [-0.3, -0.25) is 4.79 Å². The summed E-state index contributed by atoms with van der Waals surface area (Å²) in [6.07, 6.45) is 0. The van der Waals surface area contributed by atoms with E-state index < -0.39 is 0 Å². The van der Waals surface area contributed by atoms with E-state index in [1.807, 2.05) is 6.92 Å². The predicted octanol–water partition coefficient (Wildman–Crippen LogP) is 3.30. The molecular weight excluding hydrogens is 263 g/mol. The first kappa shape index (κ1) is 13.5. The Morgan fingerprint density at radius 3 is 2.47 bits per heavy atom. The SMILES string of the molecule is CC(c1ccc(F)cc1)N(C)C(=O)c1sccc1N. The van der Waals surface area contributed by atoms with Gasteiger partial charge in [0, 0.05) is 7.05 Å². The zero-order valence-electron chi connectivity index (χ0n) is 10.8. The van der Waals surface area contributed by atoms with E-state index in [0.29, 0.717) is 10.6 Å². The molecule has 1 heterocycles. The molecule has 1 atom stereocenters. The van der Waals surface area contributed by atoms with Crippen LogP contribution in [0, 0.1) is 5.82 Å². The molecule has 19 heavy (non-hydrogen) atoms. The lowest BCUT2D eigenvalue weighted by molar-refractivity contribution is 0.0748. The third kappa shape index (κ3) is 2.76. The number of anilines is 1. The van der Waals surface area contributed by atoms with Crippen LogP contribution in [0.3, 0.4) is 0 Å². The number of hydrogen-bond acceptors (Lipinski definition) is 3. The lowest BCUT2D eigenvalue weighted by Crippen LogP contribution is -2.29. The van der Waals surface area contributed by atoms with Crippen molar-refractivity contribution in [3.05, 3.63) is 52.0 Å². The van der Waals surface area contributed by atoms with Crippen molar-refractivity contribution >= 4 is 22.9 Å². The first-order valence-corrected chi connectivity index (χ1v) is 6.74. The van der Waals surface area contributed by atoms with E-state index in [0.717, 1.165) is 5.56 Å². The fraction of sp³-hybridized carbons (Fsp3) is 0.214. The second kappa shape index (κ2) is 5.40. The Hall–Kier alpha value is -1.88. The highest BCUT2D eigenvalue weighted by Crippen LogP contribution is 2.25. The van der Waals surface area contributed by atoms with Gasteiger partial charge in [0.25, 0.3) is 5.91 Å². The molecule has 0 bridgehead atoms. The summed E-state index contributed by atoms with van der Waals surface area (Å²) in [4.78, 5) is 14.4. The van der Waals surface area contributed by atoms with Crippen molar-refractivity contribution in [2.24, 2.45) is 0 Å². The van der Waals surface area contributed by atoms with Crippen LogP contribution in [-0.2, 0) is 0 Å². The Bertz CT molecular complexity index is 579. The number of amides is 1. The summed E-state index contributed by atoms with van der Waals surface area (Å²) in [6, 6.07) is 7.72. The molecule has 1 aromatic carbocycles. The zero-order chi connectivity index (χ0) is 14.0. The smallest absolute Gasteiger partial charge is 0.266 e. The maximum atomic E-state index is 12.9. The number of halogens is 1. The Kier molecular flexibility index (Phi) is 3.85. The van der Waals surface area contributed by atoms with Gasteiger partial charge in [0.15, 0.2) is 0 Å². The van der Waals surface area contributed by atoms with Gasteiger partial charge in [-0.05, 0) is 36.1 Å². The van der Waals surface area contributed by atoms with Crippen molar-refractivity contribution in [1.82, 2.24) is 4.90 Å². The number of carbonyl (C=O) groups is 1. The summed E-state index contributed by atoms with van der Waals surface area (Å²) in [7, 11) is 1.72. The highest BCUT2D eigenvalue weighted by Gasteiger charge is 2.21. The average Bonchev–Trinajstić information content (AvgIpc) is 2.83. The van der Waals surface area contributed by atoms with Gasteiger partial charge in [0.1, 0.15) is 10.7 Å². The molecule has 1 unspecified atom stereocenters. The van der Waals surface area contributed by atoms with E-state index in [2.05, 4.69) is 0 Å². The molecule has 0 saturated carbocycles. The molecule has 2 rings (SSSR count). The molecule has 0 radical (unpaired) electrons. The second-order valence-corrected chi connectivity index (χ2v) is 5.26. The molecule has 0 spiro atoms. The molecule has 5 heteroatoms. The van der Waals surface area contributed by atoms with Gasteiger partial charge in [-0.25, -0.2) is 4.39 Å². The zero-order valence-corrected chi connectivity index (χ0v) is 11.6. The van der Waals surface area contributed by atoms with Crippen molar-refractivity contribution in [3.63, 3.8) is 0 Å². The van der Waals surface area contributed by atoms with E-state index in [-0.39, 0.29) is 17.8 Å². The molecule has 0 fully saturated rings. The van der Waals surface area contributed by atoms with Crippen molar-refractivity contribution in [2.45, 2.75) is 13.0 Å². The molecule has 0 aliphatic heterocycles. The van der Waals surface area contributed by atoms with Gasteiger partial charge in [-0.15, -0.1) is 11.3 Å². The minimum Gasteiger partial charge on any atom is -0.397 e. The normalized spacial score (nSPS) is 12.2. The number of rotatable bonds is 3. The number of carbonyl (C=O) groups excluding carboxylic acids is 1. The monoisotopic (exact) mass is 278 g/mol. The third-order valence-electron chi connectivity index (χ3n) is 3.14. The van der Waals surface area contributed by atoms with Crippen molar-refractivity contribution in [2.75, 3.05) is 12.8 Å². The van der Waals surface area contributed by atoms with Crippen LogP contribution in [0.5, 0.6) is 0 Å². The van der Waals surface area contributed by atoms with Gasteiger partial charge in [0.05, 0.1) is 11.7 Å². The molecule has 100 valence electrons. The molecule has 0 saturated heterocycles. The highest BCUT2D eigenvalue weighted by molar-refractivity contribution is 7.12. The summed E-state index contributed by atoms with van der Waals surface area (Å²) in [5.74, 6) is -0.406. The van der Waals surface area contributed by atoms with E-state index in [9.17, 15) is 9.18 Å². The number of benzene rings is 1. The van der Waals surface area contributed by atoms with Gasteiger partial charge < -0.3 is 10.6 Å². The summed E-state index contributed by atoms with van der Waals surface area (Å²) >= 11 is 1.32. The van der Waals surface area contributed by atoms with Crippen LogP contribution in [0.4, 0.5) is 10.1 Å². The van der Waals surface area contributed by atoms with Gasteiger partial charge in [-0.1, -0.05) is 12.1 Å². The van der Waals surface area contributed by atoms with Gasteiger partial charge in [-0.2, -0.15) is 0 Å². The van der Waals surface area contributed by atoms with Crippen LogP contribution in [0.2, 0.25) is 0 Å². The number of thiophene rings is 1. The van der Waals surface area contributed by atoms with Gasteiger partial charge >= 0.3 is 0 Å². The molecule has 2 N–H and O–H groups in total. The fourth-order valence-corrected chi connectivity index (χ4v) is 2.59.